The van der Waals surface area contributed by atoms with E-state index in [1.165, 1.54) is 0 Å². The van der Waals surface area contributed by atoms with Crippen molar-refractivity contribution >= 4 is 17.7 Å². The second-order valence-corrected chi connectivity index (χ2v) is 6.77. The molecule has 7 nitrogen and oxygen atoms in total. The van der Waals surface area contributed by atoms with Gasteiger partial charge in [-0.3, -0.25) is 9.48 Å². The fraction of sp³-hybridized carbons (Fsp3) is 0.389. The van der Waals surface area contributed by atoms with E-state index >= 15 is 0 Å². The fourth-order valence-electron chi connectivity index (χ4n) is 2.18. The third-order valence-electron chi connectivity index (χ3n) is 3.40. The van der Waals surface area contributed by atoms with Gasteiger partial charge in [0.25, 0.3) is 0 Å². The summed E-state index contributed by atoms with van der Waals surface area (Å²) in [6, 6.07) is 8.62. The maximum Gasteiger partial charge on any atom is 0.408 e. The van der Waals surface area contributed by atoms with Gasteiger partial charge in [-0.2, -0.15) is 5.10 Å². The molecule has 1 atom stereocenters. The molecule has 7 heteroatoms. The maximum absolute atomic E-state index is 12.2. The molecule has 0 aliphatic carbocycles. The van der Waals surface area contributed by atoms with E-state index in [1.807, 2.05) is 25.2 Å². The molecular weight excluding hydrogens is 320 g/mol. The molecule has 0 unspecified atom stereocenters. The van der Waals surface area contributed by atoms with Crippen molar-refractivity contribution in [2.24, 2.45) is 7.05 Å². The molecule has 0 saturated carbocycles. The number of anilines is 1. The summed E-state index contributed by atoms with van der Waals surface area (Å²) in [5.74, 6) is -0.320. The van der Waals surface area contributed by atoms with Crippen LogP contribution in [0, 0.1) is 0 Å². The Kier molecular flexibility index (Phi) is 5.46. The zero-order valence-corrected chi connectivity index (χ0v) is 15.2. The predicted octanol–water partition coefficient (Wildman–Crippen LogP) is 2.94. The molecule has 1 aromatic carbocycles. The van der Waals surface area contributed by atoms with Gasteiger partial charge >= 0.3 is 6.09 Å². The molecule has 25 heavy (non-hydrogen) atoms. The zero-order chi connectivity index (χ0) is 18.6. The first-order chi connectivity index (χ1) is 11.7. The highest BCUT2D eigenvalue weighted by Crippen LogP contribution is 2.20. The molecule has 0 spiro atoms. The van der Waals surface area contributed by atoms with E-state index in [-0.39, 0.29) is 5.91 Å². The number of ether oxygens (including phenoxy) is 1. The van der Waals surface area contributed by atoms with Crippen LogP contribution in [0.25, 0.3) is 11.3 Å². The average molecular weight is 344 g/mol. The molecule has 1 heterocycles. The molecular formula is C18H24N4O3. The number of carbonyl (C=O) groups is 2. The van der Waals surface area contributed by atoms with Crippen molar-refractivity contribution in [3.05, 3.63) is 36.5 Å². The topological polar surface area (TPSA) is 85.2 Å². The Morgan fingerprint density at radius 1 is 1.16 bits per heavy atom. The molecule has 2 amide bonds. The van der Waals surface area contributed by atoms with Crippen LogP contribution in [-0.4, -0.2) is 33.4 Å². The van der Waals surface area contributed by atoms with Crippen LogP contribution >= 0.6 is 0 Å². The van der Waals surface area contributed by atoms with E-state index in [1.54, 1.807) is 50.7 Å². The summed E-state index contributed by atoms with van der Waals surface area (Å²) in [5, 5.41) is 9.41. The van der Waals surface area contributed by atoms with Crippen LogP contribution in [0.1, 0.15) is 27.7 Å². The van der Waals surface area contributed by atoms with E-state index in [9.17, 15) is 9.59 Å². The van der Waals surface area contributed by atoms with Gasteiger partial charge in [-0.05, 0) is 51.5 Å². The van der Waals surface area contributed by atoms with Gasteiger partial charge in [0.2, 0.25) is 5.91 Å². The third kappa shape index (κ3) is 5.34. The molecule has 134 valence electrons. The van der Waals surface area contributed by atoms with Crippen molar-refractivity contribution in [2.75, 3.05) is 5.32 Å². The van der Waals surface area contributed by atoms with Gasteiger partial charge in [0.1, 0.15) is 11.6 Å². The minimum absolute atomic E-state index is 0.320. The molecule has 2 aromatic rings. The summed E-state index contributed by atoms with van der Waals surface area (Å²) >= 11 is 0. The van der Waals surface area contributed by atoms with E-state index in [2.05, 4.69) is 15.7 Å². The standard InChI is InChI=1S/C18H24N4O3/c1-12(20-17(24)25-18(2,3)4)16(23)21-14-8-6-13(7-9-14)15-10-11-19-22(15)5/h6-12H,1-5H3,(H,20,24)(H,21,23)/t12-/m1/s1. The Labute approximate surface area is 147 Å². The minimum Gasteiger partial charge on any atom is -0.444 e. The largest absolute Gasteiger partial charge is 0.444 e. The first-order valence-electron chi connectivity index (χ1n) is 8.04. The van der Waals surface area contributed by atoms with Crippen molar-refractivity contribution in [3.63, 3.8) is 0 Å². The Morgan fingerprint density at radius 2 is 1.80 bits per heavy atom. The number of carbonyl (C=O) groups excluding carboxylic acids is 2. The number of aryl methyl sites for hydroxylation is 1. The number of nitrogens with zero attached hydrogens (tertiary/aromatic N) is 2. The van der Waals surface area contributed by atoms with Crippen LogP contribution in [0.4, 0.5) is 10.5 Å². The quantitative estimate of drug-likeness (QED) is 0.893. The van der Waals surface area contributed by atoms with Crippen LogP contribution in [0.15, 0.2) is 36.5 Å². The summed E-state index contributed by atoms with van der Waals surface area (Å²) in [6.45, 7) is 6.90. The maximum atomic E-state index is 12.2. The van der Waals surface area contributed by atoms with Crippen LogP contribution in [0.5, 0.6) is 0 Å². The number of nitrogens with one attached hydrogen (secondary N) is 2. The molecule has 1 aromatic heterocycles. The highest BCUT2D eigenvalue weighted by molar-refractivity contribution is 5.96. The lowest BCUT2D eigenvalue weighted by atomic mass is 10.1. The Hall–Kier alpha value is -2.83. The highest BCUT2D eigenvalue weighted by Gasteiger charge is 2.21. The lowest BCUT2D eigenvalue weighted by Gasteiger charge is -2.21. The van der Waals surface area contributed by atoms with Crippen LogP contribution in [-0.2, 0) is 16.6 Å². The van der Waals surface area contributed by atoms with Crippen LogP contribution in [0.3, 0.4) is 0 Å². The normalized spacial score (nSPS) is 12.4. The summed E-state index contributed by atoms with van der Waals surface area (Å²) in [7, 11) is 1.87. The summed E-state index contributed by atoms with van der Waals surface area (Å²) < 4.78 is 6.92. The van der Waals surface area contributed by atoms with Gasteiger partial charge in [-0.1, -0.05) is 12.1 Å². The SMILES string of the molecule is C[C@@H](NC(=O)OC(C)(C)C)C(=O)Nc1ccc(-c2ccnn2C)cc1. The van der Waals surface area contributed by atoms with E-state index in [0.29, 0.717) is 5.69 Å². The lowest BCUT2D eigenvalue weighted by molar-refractivity contribution is -0.117. The number of hydrogen-bond donors (Lipinski definition) is 2. The van der Waals surface area contributed by atoms with Gasteiger partial charge in [-0.25, -0.2) is 4.79 Å². The van der Waals surface area contributed by atoms with E-state index in [0.717, 1.165) is 11.3 Å². The summed E-state index contributed by atoms with van der Waals surface area (Å²) in [4.78, 5) is 23.9. The Bertz CT molecular complexity index is 744. The van der Waals surface area contributed by atoms with Crippen LogP contribution in [0.2, 0.25) is 0 Å². The fourth-order valence-corrected chi connectivity index (χ4v) is 2.18. The Balaban J connectivity index is 1.94. The molecule has 0 aliphatic heterocycles. The molecule has 0 radical (unpaired) electrons. The monoisotopic (exact) mass is 344 g/mol. The number of hydrogen-bond acceptors (Lipinski definition) is 4. The Morgan fingerprint density at radius 3 is 2.32 bits per heavy atom. The second kappa shape index (κ2) is 7.38. The first-order valence-corrected chi connectivity index (χ1v) is 8.04. The first kappa shape index (κ1) is 18.5. The molecule has 0 bridgehead atoms. The van der Waals surface area contributed by atoms with Gasteiger partial charge in [0.15, 0.2) is 0 Å². The highest BCUT2D eigenvalue weighted by atomic mass is 16.6. The van der Waals surface area contributed by atoms with Gasteiger partial charge < -0.3 is 15.4 Å². The number of benzene rings is 1. The van der Waals surface area contributed by atoms with Crippen molar-refractivity contribution in [2.45, 2.75) is 39.3 Å². The van der Waals surface area contributed by atoms with E-state index in [4.69, 9.17) is 4.74 Å². The second-order valence-electron chi connectivity index (χ2n) is 6.77. The molecule has 2 rings (SSSR count). The molecule has 0 fully saturated rings. The molecule has 0 saturated heterocycles. The molecule has 2 N–H and O–H groups in total. The zero-order valence-electron chi connectivity index (χ0n) is 15.2. The van der Waals surface area contributed by atoms with Crippen molar-refractivity contribution in [3.8, 4) is 11.3 Å². The van der Waals surface area contributed by atoms with Crippen molar-refractivity contribution in [1.29, 1.82) is 0 Å². The summed E-state index contributed by atoms with van der Waals surface area (Å²) in [6.07, 6.45) is 1.11. The van der Waals surface area contributed by atoms with Crippen molar-refractivity contribution in [1.82, 2.24) is 15.1 Å². The van der Waals surface area contributed by atoms with E-state index < -0.39 is 17.7 Å². The third-order valence-corrected chi connectivity index (χ3v) is 3.40. The van der Waals surface area contributed by atoms with Gasteiger partial charge in [0.05, 0.1) is 5.69 Å². The smallest absolute Gasteiger partial charge is 0.408 e. The number of aromatic nitrogens is 2. The lowest BCUT2D eigenvalue weighted by Crippen LogP contribution is -2.43. The van der Waals surface area contributed by atoms with Crippen LogP contribution < -0.4 is 10.6 Å². The number of alkyl carbamates (subject to hydrolysis) is 1. The van der Waals surface area contributed by atoms with Gasteiger partial charge in [-0.15, -0.1) is 0 Å². The number of amides is 2. The van der Waals surface area contributed by atoms with Gasteiger partial charge in [0, 0.05) is 18.9 Å². The predicted molar refractivity (Wildman–Crippen MR) is 96.1 cm³/mol. The van der Waals surface area contributed by atoms with Crippen molar-refractivity contribution < 1.29 is 14.3 Å². The molecule has 0 aliphatic rings. The average Bonchev–Trinajstić information content (AvgIpc) is 2.92. The minimum atomic E-state index is -0.716. The summed E-state index contributed by atoms with van der Waals surface area (Å²) in [5.41, 5.74) is 2.02. The number of rotatable bonds is 4.